The second kappa shape index (κ2) is 4.39. The molecule has 2 aromatic rings. The Labute approximate surface area is 116 Å². The number of hydrogen-bond acceptors (Lipinski definition) is 1. The van der Waals surface area contributed by atoms with Crippen LogP contribution in [0.15, 0.2) is 16.6 Å². The largest absolute Gasteiger partial charge is 0.358 e. The summed E-state index contributed by atoms with van der Waals surface area (Å²) in [5.41, 5.74) is 5.57. The van der Waals surface area contributed by atoms with E-state index in [1.807, 2.05) is 0 Å². The molecule has 0 unspecified atom stereocenters. The third-order valence-electron chi connectivity index (χ3n) is 4.01. The number of aromatic amines is 1. The van der Waals surface area contributed by atoms with Gasteiger partial charge < -0.3 is 4.98 Å². The highest BCUT2D eigenvalue weighted by Gasteiger charge is 2.22. The average Bonchev–Trinajstić information content (AvgIpc) is 2.67. The molecule has 0 atom stereocenters. The van der Waals surface area contributed by atoms with Gasteiger partial charge in [-0.2, -0.15) is 0 Å². The van der Waals surface area contributed by atoms with Gasteiger partial charge >= 0.3 is 0 Å². The quantitative estimate of drug-likeness (QED) is 0.843. The van der Waals surface area contributed by atoms with Crippen LogP contribution < -0.4 is 0 Å². The molecule has 0 saturated heterocycles. The maximum absolute atomic E-state index is 3.62. The van der Waals surface area contributed by atoms with E-state index in [0.29, 0.717) is 6.04 Å². The average molecular weight is 307 g/mol. The number of nitrogens with one attached hydrogen (secondary N) is 1. The molecule has 3 rings (SSSR count). The van der Waals surface area contributed by atoms with E-state index in [2.05, 4.69) is 58.7 Å². The molecular weight excluding hydrogens is 288 g/mol. The molecule has 1 aromatic carbocycles. The van der Waals surface area contributed by atoms with Crippen molar-refractivity contribution in [2.24, 2.45) is 0 Å². The van der Waals surface area contributed by atoms with Crippen LogP contribution in [-0.2, 0) is 13.0 Å². The first-order chi connectivity index (χ1) is 8.56. The van der Waals surface area contributed by atoms with Gasteiger partial charge in [-0.1, -0.05) is 15.9 Å². The number of nitrogens with zero attached hydrogens (tertiary/aromatic N) is 1. The van der Waals surface area contributed by atoms with E-state index in [4.69, 9.17) is 0 Å². The molecule has 0 aliphatic carbocycles. The molecule has 1 aliphatic rings. The Morgan fingerprint density at radius 1 is 1.33 bits per heavy atom. The Morgan fingerprint density at radius 2 is 2.11 bits per heavy atom. The third kappa shape index (κ3) is 1.90. The van der Waals surface area contributed by atoms with E-state index in [-0.39, 0.29) is 0 Å². The van der Waals surface area contributed by atoms with Crippen molar-refractivity contribution in [3.8, 4) is 0 Å². The minimum Gasteiger partial charge on any atom is -0.358 e. The molecule has 96 valence electrons. The number of benzene rings is 1. The summed E-state index contributed by atoms with van der Waals surface area (Å²) in [6, 6.07) is 5.06. The van der Waals surface area contributed by atoms with Gasteiger partial charge in [0.05, 0.1) is 0 Å². The molecular formula is C15H19BrN2. The van der Waals surface area contributed by atoms with E-state index < -0.39 is 0 Å². The van der Waals surface area contributed by atoms with Crippen molar-refractivity contribution < 1.29 is 0 Å². The second-order valence-electron chi connectivity index (χ2n) is 5.54. The van der Waals surface area contributed by atoms with Crippen LogP contribution in [0.1, 0.15) is 30.7 Å². The molecule has 0 spiro atoms. The fourth-order valence-electron chi connectivity index (χ4n) is 2.91. The SMILES string of the molecule is Cc1cc(Br)cc2c3c([nH]c12)CCN(C(C)C)C3. The van der Waals surface area contributed by atoms with Gasteiger partial charge in [-0.15, -0.1) is 0 Å². The van der Waals surface area contributed by atoms with Crippen molar-refractivity contribution in [3.63, 3.8) is 0 Å². The first kappa shape index (κ1) is 12.2. The van der Waals surface area contributed by atoms with Crippen LogP contribution in [0.5, 0.6) is 0 Å². The summed E-state index contributed by atoms with van der Waals surface area (Å²) in [4.78, 5) is 6.17. The summed E-state index contributed by atoms with van der Waals surface area (Å²) < 4.78 is 1.18. The Balaban J connectivity index is 2.15. The number of halogens is 1. The Bertz CT molecular complexity index is 598. The lowest BCUT2D eigenvalue weighted by Gasteiger charge is -2.30. The van der Waals surface area contributed by atoms with Gasteiger partial charge in [0.15, 0.2) is 0 Å². The summed E-state index contributed by atoms with van der Waals surface area (Å²) in [5, 5.41) is 1.39. The predicted molar refractivity (Wildman–Crippen MR) is 80.0 cm³/mol. The monoisotopic (exact) mass is 306 g/mol. The van der Waals surface area contributed by atoms with Gasteiger partial charge in [0.25, 0.3) is 0 Å². The predicted octanol–water partition coefficient (Wildman–Crippen LogP) is 4.01. The Hall–Kier alpha value is -0.800. The smallest absolute Gasteiger partial charge is 0.0489 e. The van der Waals surface area contributed by atoms with Gasteiger partial charge in [-0.05, 0) is 44.0 Å². The van der Waals surface area contributed by atoms with Gasteiger partial charge in [0.2, 0.25) is 0 Å². The maximum Gasteiger partial charge on any atom is 0.0489 e. The highest BCUT2D eigenvalue weighted by molar-refractivity contribution is 9.10. The summed E-state index contributed by atoms with van der Waals surface area (Å²) in [5.74, 6) is 0. The molecule has 1 aliphatic heterocycles. The van der Waals surface area contributed by atoms with E-state index in [1.165, 1.54) is 32.2 Å². The minimum atomic E-state index is 0.622. The van der Waals surface area contributed by atoms with Crippen molar-refractivity contribution in [3.05, 3.63) is 33.4 Å². The normalized spacial score (nSPS) is 16.5. The molecule has 18 heavy (non-hydrogen) atoms. The highest BCUT2D eigenvalue weighted by atomic mass is 79.9. The van der Waals surface area contributed by atoms with Crippen molar-refractivity contribution in [1.29, 1.82) is 0 Å². The van der Waals surface area contributed by atoms with Crippen LogP contribution in [0.25, 0.3) is 10.9 Å². The van der Waals surface area contributed by atoms with E-state index in [9.17, 15) is 0 Å². The van der Waals surface area contributed by atoms with Crippen LogP contribution in [0, 0.1) is 6.92 Å². The van der Waals surface area contributed by atoms with Crippen LogP contribution in [0.2, 0.25) is 0 Å². The Morgan fingerprint density at radius 3 is 2.83 bits per heavy atom. The van der Waals surface area contributed by atoms with Crippen LogP contribution in [0.4, 0.5) is 0 Å². The maximum atomic E-state index is 3.62. The zero-order valence-electron chi connectivity index (χ0n) is 11.2. The summed E-state index contributed by atoms with van der Waals surface area (Å²) >= 11 is 3.61. The second-order valence-corrected chi connectivity index (χ2v) is 6.46. The lowest BCUT2D eigenvalue weighted by Crippen LogP contribution is -2.35. The molecule has 2 nitrogen and oxygen atoms in total. The van der Waals surface area contributed by atoms with Crippen molar-refractivity contribution in [2.75, 3.05) is 6.54 Å². The summed E-state index contributed by atoms with van der Waals surface area (Å²) in [7, 11) is 0. The molecule has 0 amide bonds. The van der Waals surface area contributed by atoms with E-state index >= 15 is 0 Å². The number of hydrogen-bond donors (Lipinski definition) is 1. The lowest BCUT2D eigenvalue weighted by atomic mass is 10.0. The molecule has 0 fully saturated rings. The van der Waals surface area contributed by atoms with Crippen molar-refractivity contribution in [1.82, 2.24) is 9.88 Å². The topological polar surface area (TPSA) is 19.0 Å². The molecule has 0 bridgehead atoms. The molecule has 0 radical (unpaired) electrons. The zero-order chi connectivity index (χ0) is 12.9. The third-order valence-corrected chi connectivity index (χ3v) is 4.46. The highest BCUT2D eigenvalue weighted by Crippen LogP contribution is 2.32. The fraction of sp³-hybridized carbons (Fsp3) is 0.467. The number of aryl methyl sites for hydroxylation is 1. The van der Waals surface area contributed by atoms with E-state index in [1.54, 1.807) is 0 Å². The standard InChI is InChI=1S/C15H19BrN2/c1-9(2)18-5-4-14-13(8-18)12-7-11(16)6-10(3)15(12)17-14/h6-7,9,17H,4-5,8H2,1-3H3. The fourth-order valence-corrected chi connectivity index (χ4v) is 3.48. The van der Waals surface area contributed by atoms with Gasteiger partial charge in [-0.3, -0.25) is 4.90 Å². The minimum absolute atomic E-state index is 0.622. The number of H-pyrrole nitrogens is 1. The number of fused-ring (bicyclic) bond motifs is 3. The number of rotatable bonds is 1. The van der Waals surface area contributed by atoms with Crippen LogP contribution in [0.3, 0.4) is 0 Å². The van der Waals surface area contributed by atoms with E-state index in [0.717, 1.165) is 19.5 Å². The first-order valence-corrected chi connectivity index (χ1v) is 7.39. The molecule has 1 aromatic heterocycles. The summed E-state index contributed by atoms with van der Waals surface area (Å²) in [6.07, 6.45) is 1.14. The molecule has 3 heteroatoms. The lowest BCUT2D eigenvalue weighted by molar-refractivity contribution is 0.203. The van der Waals surface area contributed by atoms with Gasteiger partial charge in [0, 0.05) is 46.6 Å². The summed E-state index contributed by atoms with van der Waals surface area (Å²) in [6.45, 7) is 8.97. The number of aromatic nitrogens is 1. The van der Waals surface area contributed by atoms with Crippen molar-refractivity contribution in [2.45, 2.75) is 39.8 Å². The van der Waals surface area contributed by atoms with Gasteiger partial charge in [-0.25, -0.2) is 0 Å². The van der Waals surface area contributed by atoms with Gasteiger partial charge in [0.1, 0.15) is 0 Å². The van der Waals surface area contributed by atoms with Crippen LogP contribution in [-0.4, -0.2) is 22.5 Å². The van der Waals surface area contributed by atoms with Crippen LogP contribution >= 0.6 is 15.9 Å². The molecule has 2 heterocycles. The van der Waals surface area contributed by atoms with Crippen molar-refractivity contribution >= 4 is 26.8 Å². The first-order valence-electron chi connectivity index (χ1n) is 6.60. The zero-order valence-corrected chi connectivity index (χ0v) is 12.8. The molecule has 1 N–H and O–H groups in total. The Kier molecular flexibility index (Phi) is 2.99. The molecule has 0 saturated carbocycles.